The van der Waals surface area contributed by atoms with Crippen molar-refractivity contribution >= 4 is 10.8 Å². The number of benzene rings is 3. The van der Waals surface area contributed by atoms with Crippen molar-refractivity contribution in [3.05, 3.63) is 70.8 Å². The molecule has 1 aliphatic carbocycles. The van der Waals surface area contributed by atoms with E-state index in [1.54, 1.807) is 6.07 Å². The van der Waals surface area contributed by atoms with Crippen molar-refractivity contribution in [1.82, 2.24) is 0 Å². The number of aliphatic hydroxyl groups excluding tert-OH is 1. The van der Waals surface area contributed by atoms with Crippen molar-refractivity contribution in [3.8, 4) is 17.2 Å². The van der Waals surface area contributed by atoms with Gasteiger partial charge >= 0.3 is 0 Å². The Balaban J connectivity index is 2.06. The van der Waals surface area contributed by atoms with Crippen molar-refractivity contribution in [2.45, 2.75) is 19.4 Å². The summed E-state index contributed by atoms with van der Waals surface area (Å²) >= 11 is 0. The Morgan fingerprint density at radius 1 is 0.955 bits per heavy atom. The molecule has 0 aliphatic heterocycles. The topological polar surface area (TPSA) is 44.0 Å². The van der Waals surface area contributed by atoms with Gasteiger partial charge in [0.15, 0.2) is 0 Å². The average Bonchev–Trinajstić information content (AvgIpc) is 3.00. The first kappa shape index (κ1) is 13.1. The molecule has 3 aromatic carbocycles. The minimum Gasteiger partial charge on any atom is -0.392 e. The lowest BCUT2D eigenvalue weighted by molar-refractivity contribution is 0.282. The van der Waals surface area contributed by atoms with Crippen LogP contribution in [0.1, 0.15) is 22.3 Å². The van der Waals surface area contributed by atoms with Crippen LogP contribution >= 0.6 is 0 Å². The van der Waals surface area contributed by atoms with Crippen molar-refractivity contribution in [1.29, 1.82) is 5.26 Å². The number of aryl methyl sites for hydroxylation is 2. The van der Waals surface area contributed by atoms with Crippen LogP contribution in [0.4, 0.5) is 0 Å². The molecule has 2 nitrogen and oxygen atoms in total. The number of rotatable bonds is 2. The van der Waals surface area contributed by atoms with Crippen LogP contribution in [-0.4, -0.2) is 5.11 Å². The van der Waals surface area contributed by atoms with Crippen LogP contribution in [0.3, 0.4) is 0 Å². The summed E-state index contributed by atoms with van der Waals surface area (Å²) in [5, 5.41) is 21.4. The lowest BCUT2D eigenvalue weighted by atomic mass is 9.92. The van der Waals surface area contributed by atoms with Crippen LogP contribution in [0.15, 0.2) is 48.5 Å². The lowest BCUT2D eigenvalue weighted by Crippen LogP contribution is -1.91. The van der Waals surface area contributed by atoms with Crippen LogP contribution in [0.25, 0.3) is 21.9 Å². The number of aliphatic hydroxyl groups is 1. The van der Waals surface area contributed by atoms with E-state index in [-0.39, 0.29) is 6.61 Å². The molecular weight excluding hydrogens is 270 g/mol. The highest BCUT2D eigenvalue weighted by Gasteiger charge is 2.17. The summed E-state index contributed by atoms with van der Waals surface area (Å²) in [6, 6.07) is 18.5. The Kier molecular flexibility index (Phi) is 2.96. The Morgan fingerprint density at radius 3 is 2.55 bits per heavy atom. The molecule has 0 amide bonds. The maximum Gasteiger partial charge on any atom is 0.0998 e. The average molecular weight is 285 g/mol. The van der Waals surface area contributed by atoms with E-state index < -0.39 is 0 Å². The third-order valence-corrected chi connectivity index (χ3v) is 4.55. The zero-order valence-electron chi connectivity index (χ0n) is 12.1. The molecule has 0 saturated heterocycles. The second-order valence-electron chi connectivity index (χ2n) is 5.76. The fourth-order valence-electron chi connectivity index (χ4n) is 3.49. The van der Waals surface area contributed by atoms with E-state index >= 15 is 0 Å². The Hall–Kier alpha value is -2.63. The molecule has 0 radical (unpaired) electrons. The van der Waals surface area contributed by atoms with Crippen LogP contribution in [0, 0.1) is 11.3 Å². The summed E-state index contributed by atoms with van der Waals surface area (Å²) in [5.74, 6) is 0. The number of nitrogens with zero attached hydrogens (tertiary/aromatic N) is 1. The number of nitriles is 1. The molecule has 1 aliphatic rings. The predicted octanol–water partition coefficient (Wildman–Crippen LogP) is 3.97. The molecule has 0 heterocycles. The standard InChI is InChI=1S/C20H15NO/c21-11-16-5-4-13(12-22)10-19(16)17-9-8-15-7-6-14-2-1-3-18(17)20(14)15/h1-5,8-10,22H,6-7,12H2. The van der Waals surface area contributed by atoms with E-state index in [0.29, 0.717) is 5.56 Å². The molecule has 0 unspecified atom stereocenters. The van der Waals surface area contributed by atoms with Gasteiger partial charge in [-0.3, -0.25) is 0 Å². The normalized spacial score (nSPS) is 12.5. The first-order chi connectivity index (χ1) is 10.8. The van der Waals surface area contributed by atoms with Gasteiger partial charge in [0.05, 0.1) is 18.2 Å². The monoisotopic (exact) mass is 285 g/mol. The third-order valence-electron chi connectivity index (χ3n) is 4.55. The molecule has 0 saturated carbocycles. The SMILES string of the molecule is N#Cc1ccc(CO)cc1-c1ccc2c3c(cccc13)CC2. The van der Waals surface area contributed by atoms with Crippen LogP contribution in [0.2, 0.25) is 0 Å². The van der Waals surface area contributed by atoms with Gasteiger partial charge in [0.2, 0.25) is 0 Å². The van der Waals surface area contributed by atoms with Crippen LogP contribution < -0.4 is 0 Å². The molecule has 106 valence electrons. The van der Waals surface area contributed by atoms with Crippen molar-refractivity contribution in [2.75, 3.05) is 0 Å². The van der Waals surface area contributed by atoms with Crippen LogP contribution in [-0.2, 0) is 19.4 Å². The summed E-state index contributed by atoms with van der Waals surface area (Å²) in [4.78, 5) is 0. The molecule has 0 spiro atoms. The van der Waals surface area contributed by atoms with Gasteiger partial charge in [0, 0.05) is 5.56 Å². The Bertz CT molecular complexity index is 924. The van der Waals surface area contributed by atoms with Gasteiger partial charge < -0.3 is 5.11 Å². The van der Waals surface area contributed by atoms with Crippen molar-refractivity contribution in [2.24, 2.45) is 0 Å². The van der Waals surface area contributed by atoms with Crippen LogP contribution in [0.5, 0.6) is 0 Å². The predicted molar refractivity (Wildman–Crippen MR) is 87.4 cm³/mol. The summed E-state index contributed by atoms with van der Waals surface area (Å²) in [7, 11) is 0. The van der Waals surface area contributed by atoms with E-state index in [2.05, 4.69) is 36.4 Å². The van der Waals surface area contributed by atoms with Crippen molar-refractivity contribution < 1.29 is 5.11 Å². The summed E-state index contributed by atoms with van der Waals surface area (Å²) < 4.78 is 0. The van der Waals surface area contributed by atoms with E-state index in [1.165, 1.54) is 21.9 Å². The van der Waals surface area contributed by atoms with Gasteiger partial charge in [-0.1, -0.05) is 36.4 Å². The fourth-order valence-corrected chi connectivity index (χ4v) is 3.49. The smallest absolute Gasteiger partial charge is 0.0998 e. The van der Waals surface area contributed by atoms with Gasteiger partial charge in [-0.25, -0.2) is 0 Å². The van der Waals surface area contributed by atoms with Gasteiger partial charge in [-0.15, -0.1) is 0 Å². The molecule has 4 rings (SSSR count). The highest BCUT2D eigenvalue weighted by Crippen LogP contribution is 2.38. The molecule has 3 aromatic rings. The molecule has 22 heavy (non-hydrogen) atoms. The molecule has 0 aromatic heterocycles. The number of hydrogen-bond donors (Lipinski definition) is 1. The van der Waals surface area contributed by atoms with Gasteiger partial charge in [0.1, 0.15) is 0 Å². The highest BCUT2D eigenvalue weighted by atomic mass is 16.3. The molecule has 2 heteroatoms. The quantitative estimate of drug-likeness (QED) is 0.774. The number of hydrogen-bond acceptors (Lipinski definition) is 2. The highest BCUT2D eigenvalue weighted by molar-refractivity contribution is 6.02. The van der Waals surface area contributed by atoms with E-state index in [1.807, 2.05) is 12.1 Å². The summed E-state index contributed by atoms with van der Waals surface area (Å²) in [6.07, 6.45) is 2.19. The van der Waals surface area contributed by atoms with Gasteiger partial charge in [0.25, 0.3) is 0 Å². The van der Waals surface area contributed by atoms with Crippen molar-refractivity contribution in [3.63, 3.8) is 0 Å². The van der Waals surface area contributed by atoms with Gasteiger partial charge in [-0.05, 0) is 58.0 Å². The maximum absolute atomic E-state index is 9.42. The lowest BCUT2D eigenvalue weighted by Gasteiger charge is -2.12. The zero-order chi connectivity index (χ0) is 15.1. The molecule has 0 fully saturated rings. The Morgan fingerprint density at radius 2 is 1.77 bits per heavy atom. The summed E-state index contributed by atoms with van der Waals surface area (Å²) in [5.41, 5.74) is 6.25. The largest absolute Gasteiger partial charge is 0.392 e. The molecular formula is C20H15NO. The molecule has 1 N–H and O–H groups in total. The first-order valence-corrected chi connectivity index (χ1v) is 7.49. The fraction of sp³-hybridized carbons (Fsp3) is 0.150. The maximum atomic E-state index is 9.42. The summed E-state index contributed by atoms with van der Waals surface area (Å²) in [6.45, 7) is -0.0139. The molecule has 0 bridgehead atoms. The first-order valence-electron chi connectivity index (χ1n) is 7.49. The zero-order valence-corrected chi connectivity index (χ0v) is 12.1. The van der Waals surface area contributed by atoms with E-state index in [9.17, 15) is 10.4 Å². The Labute approximate surface area is 129 Å². The van der Waals surface area contributed by atoms with E-state index in [0.717, 1.165) is 29.5 Å². The second-order valence-corrected chi connectivity index (χ2v) is 5.76. The minimum absolute atomic E-state index is 0.0139. The molecule has 0 atom stereocenters. The second kappa shape index (κ2) is 4.98. The minimum atomic E-state index is -0.0139. The van der Waals surface area contributed by atoms with Gasteiger partial charge in [-0.2, -0.15) is 5.26 Å². The third kappa shape index (κ3) is 1.83. The van der Waals surface area contributed by atoms with E-state index in [4.69, 9.17) is 0 Å².